The molecule has 7 heteroatoms. The quantitative estimate of drug-likeness (QED) is 0.394. The Morgan fingerprint density at radius 2 is 1.88 bits per heavy atom. The van der Waals surface area contributed by atoms with Crippen molar-refractivity contribution in [3.05, 3.63) is 99.6 Å². The molecule has 5 rings (SSSR count). The highest BCUT2D eigenvalue weighted by molar-refractivity contribution is 7.92. The van der Waals surface area contributed by atoms with Crippen LogP contribution >= 0.6 is 23.2 Å². The van der Waals surface area contributed by atoms with Crippen LogP contribution < -0.4 is 10.0 Å². The first kappa shape index (κ1) is 21.4. The fourth-order valence-electron chi connectivity index (χ4n) is 4.71. The molecule has 0 spiro atoms. The van der Waals surface area contributed by atoms with Gasteiger partial charge in [-0.3, -0.25) is 4.72 Å². The number of fused-ring (bicyclic) bond motifs is 3. The summed E-state index contributed by atoms with van der Waals surface area (Å²) in [5.74, 6) is 0.485. The van der Waals surface area contributed by atoms with Gasteiger partial charge in [0.2, 0.25) is 0 Å². The van der Waals surface area contributed by atoms with Crippen LogP contribution in [0.25, 0.3) is 0 Å². The highest BCUT2D eigenvalue weighted by atomic mass is 35.5. The molecule has 0 fully saturated rings. The third kappa shape index (κ3) is 3.90. The van der Waals surface area contributed by atoms with Gasteiger partial charge in [-0.25, -0.2) is 8.42 Å². The van der Waals surface area contributed by atoms with Crippen molar-refractivity contribution in [2.24, 2.45) is 5.92 Å². The number of aryl methyl sites for hydroxylation is 1. The fourth-order valence-corrected chi connectivity index (χ4v) is 6.21. The van der Waals surface area contributed by atoms with Gasteiger partial charge in [0.05, 0.1) is 21.6 Å². The van der Waals surface area contributed by atoms with Crippen molar-refractivity contribution in [3.63, 3.8) is 0 Å². The smallest absolute Gasteiger partial charge is 0.261 e. The maximum Gasteiger partial charge on any atom is 0.261 e. The summed E-state index contributed by atoms with van der Waals surface area (Å²) in [7, 11) is -3.83. The summed E-state index contributed by atoms with van der Waals surface area (Å²) >= 11 is 12.2. The number of halogens is 2. The first-order chi connectivity index (χ1) is 15.3. The first-order valence-electron chi connectivity index (χ1n) is 10.4. The van der Waals surface area contributed by atoms with E-state index in [1.807, 2.05) is 6.07 Å². The molecule has 0 saturated heterocycles. The number of hydrogen-bond donors (Lipinski definition) is 2. The molecule has 3 aromatic carbocycles. The van der Waals surface area contributed by atoms with E-state index in [9.17, 15) is 8.42 Å². The van der Waals surface area contributed by atoms with Gasteiger partial charge in [-0.15, -0.1) is 0 Å². The Hall–Kier alpha value is -2.47. The Balaban J connectivity index is 1.50. The molecule has 0 aromatic heterocycles. The number of benzene rings is 3. The van der Waals surface area contributed by atoms with E-state index in [0.717, 1.165) is 17.7 Å². The third-order valence-electron chi connectivity index (χ3n) is 6.22. The van der Waals surface area contributed by atoms with Crippen molar-refractivity contribution in [1.82, 2.24) is 0 Å². The highest BCUT2D eigenvalue weighted by Crippen LogP contribution is 2.50. The second-order valence-corrected chi connectivity index (χ2v) is 10.9. The van der Waals surface area contributed by atoms with Crippen LogP contribution in [0.4, 0.5) is 11.4 Å². The molecule has 2 aliphatic rings. The van der Waals surface area contributed by atoms with Gasteiger partial charge in [-0.05, 0) is 66.8 Å². The zero-order valence-electron chi connectivity index (χ0n) is 17.3. The number of nitrogens with one attached hydrogen (secondary N) is 2. The average Bonchev–Trinajstić information content (AvgIpc) is 3.25. The Kier molecular flexibility index (Phi) is 5.44. The van der Waals surface area contributed by atoms with Crippen molar-refractivity contribution in [2.45, 2.75) is 30.2 Å². The van der Waals surface area contributed by atoms with E-state index in [1.165, 1.54) is 17.2 Å². The van der Waals surface area contributed by atoms with Crippen LogP contribution in [0.1, 0.15) is 35.1 Å². The van der Waals surface area contributed by atoms with Crippen molar-refractivity contribution in [1.29, 1.82) is 0 Å². The summed E-state index contributed by atoms with van der Waals surface area (Å²) in [6.07, 6.45) is 5.34. The molecular weight excluding hydrogens is 463 g/mol. The highest BCUT2D eigenvalue weighted by Gasteiger charge is 2.38. The molecule has 4 nitrogen and oxygen atoms in total. The zero-order valence-corrected chi connectivity index (χ0v) is 19.7. The van der Waals surface area contributed by atoms with E-state index in [2.05, 4.69) is 53.4 Å². The molecule has 3 atom stereocenters. The van der Waals surface area contributed by atoms with Crippen LogP contribution in [0.5, 0.6) is 0 Å². The van der Waals surface area contributed by atoms with Crippen LogP contribution in [-0.4, -0.2) is 8.42 Å². The molecule has 0 saturated carbocycles. The van der Waals surface area contributed by atoms with Crippen LogP contribution in [0.2, 0.25) is 10.0 Å². The predicted octanol–water partition coefficient (Wildman–Crippen LogP) is 6.93. The molecule has 3 aromatic rings. The lowest BCUT2D eigenvalue weighted by atomic mass is 9.77. The van der Waals surface area contributed by atoms with E-state index in [-0.39, 0.29) is 27.6 Å². The largest absolute Gasteiger partial charge is 0.378 e. The molecule has 0 bridgehead atoms. The number of hydrogen-bond acceptors (Lipinski definition) is 3. The van der Waals surface area contributed by atoms with E-state index < -0.39 is 10.0 Å². The van der Waals surface area contributed by atoms with Crippen molar-refractivity contribution >= 4 is 44.6 Å². The Bertz CT molecular complexity index is 1340. The van der Waals surface area contributed by atoms with Crippen LogP contribution in [-0.2, 0) is 10.0 Å². The lowest BCUT2D eigenvalue weighted by Crippen LogP contribution is -2.29. The molecule has 1 aliphatic heterocycles. The molecule has 0 amide bonds. The lowest BCUT2D eigenvalue weighted by Gasteiger charge is -2.37. The molecule has 32 heavy (non-hydrogen) atoms. The van der Waals surface area contributed by atoms with Gasteiger partial charge in [0.15, 0.2) is 0 Å². The van der Waals surface area contributed by atoms with Gasteiger partial charge in [-0.1, -0.05) is 65.2 Å². The Morgan fingerprint density at radius 3 is 2.69 bits per heavy atom. The van der Waals surface area contributed by atoms with Gasteiger partial charge >= 0.3 is 0 Å². The molecule has 2 N–H and O–H groups in total. The minimum absolute atomic E-state index is 0.154. The van der Waals surface area contributed by atoms with Crippen molar-refractivity contribution in [2.75, 3.05) is 10.0 Å². The number of sulfonamides is 1. The summed E-state index contributed by atoms with van der Waals surface area (Å²) < 4.78 is 28.8. The molecule has 0 unspecified atom stereocenters. The SMILES string of the molecule is Cc1cccc([C@H]2Nc3ccc(S(=O)(=O)Nc4cc(Cl)ccc4Cl)cc3[C@H]3C=CC[C@H]32)c1. The van der Waals surface area contributed by atoms with Crippen molar-refractivity contribution < 1.29 is 8.42 Å². The fraction of sp³-hybridized carbons (Fsp3) is 0.200. The molecule has 0 radical (unpaired) electrons. The van der Waals surface area contributed by atoms with Gasteiger partial charge in [0.1, 0.15) is 0 Å². The van der Waals surface area contributed by atoms with E-state index in [1.54, 1.807) is 24.3 Å². The van der Waals surface area contributed by atoms with Crippen LogP contribution in [0.3, 0.4) is 0 Å². The van der Waals surface area contributed by atoms with E-state index in [4.69, 9.17) is 23.2 Å². The summed E-state index contributed by atoms with van der Waals surface area (Å²) in [6.45, 7) is 2.10. The van der Waals surface area contributed by atoms with Gasteiger partial charge in [-0.2, -0.15) is 0 Å². The van der Waals surface area contributed by atoms with Crippen molar-refractivity contribution in [3.8, 4) is 0 Å². The lowest BCUT2D eigenvalue weighted by molar-refractivity contribution is 0.425. The summed E-state index contributed by atoms with van der Waals surface area (Å²) in [4.78, 5) is 0.196. The third-order valence-corrected chi connectivity index (χ3v) is 8.15. The van der Waals surface area contributed by atoms with Gasteiger partial charge < -0.3 is 5.32 Å². The predicted molar refractivity (Wildman–Crippen MR) is 131 cm³/mol. The maximum absolute atomic E-state index is 13.1. The topological polar surface area (TPSA) is 58.2 Å². The normalized spacial score (nSPS) is 21.5. The standard InChI is InChI=1S/C25H22Cl2N2O2S/c1-15-4-2-5-16(12-15)25-20-7-3-6-19(20)21-14-18(9-11-23(21)28-25)32(30,31)29-24-13-17(26)8-10-22(24)27/h2-6,8-14,19-20,25,28-29H,7H2,1H3/t19-,20+,25+/m0/s1. The second kappa shape index (κ2) is 8.14. The zero-order chi connectivity index (χ0) is 22.5. The van der Waals surface area contributed by atoms with E-state index in [0.29, 0.717) is 10.9 Å². The maximum atomic E-state index is 13.1. The van der Waals surface area contributed by atoms with Gasteiger partial charge in [0.25, 0.3) is 10.0 Å². The Morgan fingerprint density at radius 1 is 1.03 bits per heavy atom. The Labute approximate surface area is 198 Å². The monoisotopic (exact) mass is 484 g/mol. The van der Waals surface area contributed by atoms with E-state index >= 15 is 0 Å². The van der Waals surface area contributed by atoms with Crippen LogP contribution in [0, 0.1) is 12.8 Å². The second-order valence-electron chi connectivity index (χ2n) is 8.37. The molecular formula is C25H22Cl2N2O2S. The summed E-state index contributed by atoms with van der Waals surface area (Å²) in [5.41, 5.74) is 4.69. The van der Waals surface area contributed by atoms with Crippen LogP contribution in [0.15, 0.2) is 77.7 Å². The molecule has 1 heterocycles. The number of rotatable bonds is 4. The minimum atomic E-state index is -3.83. The molecule has 164 valence electrons. The number of anilines is 2. The number of allylic oxidation sites excluding steroid dienone is 2. The summed E-state index contributed by atoms with van der Waals surface area (Å²) in [5, 5.41) is 4.36. The summed E-state index contributed by atoms with van der Waals surface area (Å²) in [6, 6.07) is 18.7. The van der Waals surface area contributed by atoms with Gasteiger partial charge in [0, 0.05) is 16.6 Å². The minimum Gasteiger partial charge on any atom is -0.378 e. The average molecular weight is 485 g/mol. The molecule has 1 aliphatic carbocycles. The first-order valence-corrected chi connectivity index (χ1v) is 12.7.